The summed E-state index contributed by atoms with van der Waals surface area (Å²) < 4.78 is 4.42. The first-order chi connectivity index (χ1) is 4.18. The maximum absolute atomic E-state index is 10.5. The van der Waals surface area contributed by atoms with Crippen molar-refractivity contribution >= 4 is 18.4 Å². The predicted molar refractivity (Wildman–Crippen MR) is 41.9 cm³/mol. The van der Waals surface area contributed by atoms with Crippen LogP contribution in [0.15, 0.2) is 30.7 Å². The second-order valence-corrected chi connectivity index (χ2v) is 1.51. The van der Waals surface area contributed by atoms with Crippen molar-refractivity contribution in [3.05, 3.63) is 30.7 Å². The van der Waals surface area contributed by atoms with Gasteiger partial charge in [0.2, 0.25) is 0 Å². The van der Waals surface area contributed by atoms with Crippen LogP contribution < -0.4 is 0 Å². The molecule has 3 heteroatoms. The van der Waals surface area contributed by atoms with Crippen LogP contribution in [0.25, 0.3) is 0 Å². The highest BCUT2D eigenvalue weighted by atomic mass is 35.5. The zero-order chi connectivity index (χ0) is 7.28. The molecule has 0 radical (unpaired) electrons. The molecule has 0 aliphatic carbocycles. The molecule has 0 saturated heterocycles. The SMILES string of the molecule is C=C=COC(=O)C(=C)C.Cl. The predicted octanol–water partition coefficient (Wildman–Crippen LogP) is 1.83. The standard InChI is InChI=1S/C7H8O2.ClH/c1-4-5-9-7(8)6(2)3;/h5H,1-2H2,3H3;1H. The summed E-state index contributed by atoms with van der Waals surface area (Å²) in [4.78, 5) is 10.5. The van der Waals surface area contributed by atoms with E-state index in [2.05, 4.69) is 23.6 Å². The summed E-state index contributed by atoms with van der Waals surface area (Å²) in [5.41, 5.74) is 2.66. The number of carbonyl (C=O) groups excluding carboxylic acids is 1. The Morgan fingerprint density at radius 2 is 2.20 bits per heavy atom. The molecule has 0 aromatic heterocycles. The third kappa shape index (κ3) is 5.16. The van der Waals surface area contributed by atoms with Crippen molar-refractivity contribution in [3.8, 4) is 0 Å². The van der Waals surface area contributed by atoms with Crippen molar-refractivity contribution in [2.24, 2.45) is 0 Å². The molecule has 0 aromatic carbocycles. The lowest BCUT2D eigenvalue weighted by atomic mass is 10.4. The minimum absolute atomic E-state index is 0. The molecule has 0 amide bonds. The van der Waals surface area contributed by atoms with E-state index in [1.54, 1.807) is 6.92 Å². The third-order valence-corrected chi connectivity index (χ3v) is 0.598. The molecule has 10 heavy (non-hydrogen) atoms. The fourth-order valence-electron chi connectivity index (χ4n) is 0.196. The number of halogens is 1. The van der Waals surface area contributed by atoms with E-state index in [9.17, 15) is 4.79 Å². The normalized spacial score (nSPS) is 6.50. The van der Waals surface area contributed by atoms with Gasteiger partial charge in [0.25, 0.3) is 0 Å². The maximum atomic E-state index is 10.5. The van der Waals surface area contributed by atoms with Crippen LogP contribution in [0.5, 0.6) is 0 Å². The van der Waals surface area contributed by atoms with Crippen molar-refractivity contribution in [1.82, 2.24) is 0 Å². The van der Waals surface area contributed by atoms with E-state index in [4.69, 9.17) is 0 Å². The zero-order valence-corrected chi connectivity index (χ0v) is 6.53. The van der Waals surface area contributed by atoms with Crippen molar-refractivity contribution in [2.45, 2.75) is 6.92 Å². The number of hydrogen-bond acceptors (Lipinski definition) is 2. The molecule has 0 unspecified atom stereocenters. The van der Waals surface area contributed by atoms with Gasteiger partial charge in [-0.15, -0.1) is 12.4 Å². The largest absolute Gasteiger partial charge is 0.423 e. The first kappa shape index (κ1) is 11.8. The molecule has 0 saturated carbocycles. The molecule has 0 bridgehead atoms. The second-order valence-electron chi connectivity index (χ2n) is 1.51. The summed E-state index contributed by atoms with van der Waals surface area (Å²) in [6.45, 7) is 8.14. The fourth-order valence-corrected chi connectivity index (χ4v) is 0.196. The van der Waals surface area contributed by atoms with Gasteiger partial charge >= 0.3 is 5.97 Å². The average Bonchev–Trinajstić information content (AvgIpc) is 1.82. The average molecular weight is 161 g/mol. The summed E-state index contributed by atoms with van der Waals surface area (Å²) in [6.07, 6.45) is 1.09. The van der Waals surface area contributed by atoms with Gasteiger partial charge in [0, 0.05) is 5.57 Å². The van der Waals surface area contributed by atoms with Gasteiger partial charge in [-0.05, 0) is 6.92 Å². The fraction of sp³-hybridized carbons (Fsp3) is 0.143. The monoisotopic (exact) mass is 160 g/mol. The summed E-state index contributed by atoms with van der Waals surface area (Å²) in [6, 6.07) is 0. The second kappa shape index (κ2) is 6.14. The highest BCUT2D eigenvalue weighted by Gasteiger charge is 1.97. The topological polar surface area (TPSA) is 26.3 Å². The van der Waals surface area contributed by atoms with Crippen LogP contribution >= 0.6 is 12.4 Å². The maximum Gasteiger partial charge on any atom is 0.338 e. The van der Waals surface area contributed by atoms with Gasteiger partial charge in [-0.1, -0.05) is 18.9 Å². The molecule has 0 aliphatic heterocycles. The van der Waals surface area contributed by atoms with E-state index in [1.807, 2.05) is 0 Å². The first-order valence-electron chi connectivity index (χ1n) is 2.39. The number of carbonyl (C=O) groups is 1. The van der Waals surface area contributed by atoms with E-state index in [0.29, 0.717) is 5.57 Å². The number of rotatable bonds is 2. The lowest BCUT2D eigenvalue weighted by Crippen LogP contribution is -1.98. The molecule has 0 atom stereocenters. The minimum atomic E-state index is -0.453. The zero-order valence-electron chi connectivity index (χ0n) is 5.72. The molecule has 56 valence electrons. The van der Waals surface area contributed by atoms with Gasteiger partial charge in [-0.3, -0.25) is 0 Å². The molecule has 0 rings (SSSR count). The van der Waals surface area contributed by atoms with Crippen LogP contribution in [0.2, 0.25) is 0 Å². The Morgan fingerprint density at radius 3 is 2.50 bits per heavy atom. The van der Waals surface area contributed by atoms with E-state index < -0.39 is 5.97 Å². The Morgan fingerprint density at radius 1 is 1.70 bits per heavy atom. The highest BCUT2D eigenvalue weighted by molar-refractivity contribution is 5.87. The quantitative estimate of drug-likeness (QED) is 0.267. The van der Waals surface area contributed by atoms with Crippen molar-refractivity contribution < 1.29 is 9.53 Å². The van der Waals surface area contributed by atoms with Crippen molar-refractivity contribution in [3.63, 3.8) is 0 Å². The van der Waals surface area contributed by atoms with Crippen LogP contribution in [0.1, 0.15) is 6.92 Å². The smallest absolute Gasteiger partial charge is 0.338 e. The Bertz CT molecular complexity index is 178. The first-order valence-corrected chi connectivity index (χ1v) is 2.39. The van der Waals surface area contributed by atoms with Gasteiger partial charge < -0.3 is 4.74 Å². The van der Waals surface area contributed by atoms with Crippen LogP contribution in [-0.4, -0.2) is 5.97 Å². The van der Waals surface area contributed by atoms with Crippen LogP contribution in [0.4, 0.5) is 0 Å². The lowest BCUT2D eigenvalue weighted by molar-refractivity contribution is -0.133. The van der Waals surface area contributed by atoms with Gasteiger partial charge in [-0.2, -0.15) is 0 Å². The molecule has 0 N–H and O–H groups in total. The van der Waals surface area contributed by atoms with Gasteiger partial charge in [-0.25, -0.2) is 4.79 Å². The summed E-state index contributed by atoms with van der Waals surface area (Å²) in [7, 11) is 0. The van der Waals surface area contributed by atoms with Gasteiger partial charge in [0.05, 0.1) is 0 Å². The summed E-state index contributed by atoms with van der Waals surface area (Å²) in [5, 5.41) is 0. The van der Waals surface area contributed by atoms with E-state index in [1.165, 1.54) is 0 Å². The molecular formula is C7H9ClO2. The van der Waals surface area contributed by atoms with E-state index >= 15 is 0 Å². The number of hydrogen-bond donors (Lipinski definition) is 0. The van der Waals surface area contributed by atoms with Crippen molar-refractivity contribution in [2.75, 3.05) is 0 Å². The molecule has 2 nitrogen and oxygen atoms in total. The van der Waals surface area contributed by atoms with Crippen LogP contribution in [0.3, 0.4) is 0 Å². The van der Waals surface area contributed by atoms with E-state index in [0.717, 1.165) is 6.26 Å². The number of esters is 1. The van der Waals surface area contributed by atoms with Crippen LogP contribution in [-0.2, 0) is 9.53 Å². The van der Waals surface area contributed by atoms with Crippen LogP contribution in [0, 0.1) is 0 Å². The minimum Gasteiger partial charge on any atom is -0.423 e. The molecule has 0 heterocycles. The Balaban J connectivity index is 0. The molecule has 0 aliphatic rings. The number of ether oxygens (including phenoxy) is 1. The molecule has 0 spiro atoms. The van der Waals surface area contributed by atoms with E-state index in [-0.39, 0.29) is 12.4 Å². The lowest BCUT2D eigenvalue weighted by Gasteiger charge is -1.92. The highest BCUT2D eigenvalue weighted by Crippen LogP contribution is 1.90. The summed E-state index contributed by atoms with van der Waals surface area (Å²) in [5.74, 6) is -0.453. The summed E-state index contributed by atoms with van der Waals surface area (Å²) >= 11 is 0. The Hall–Kier alpha value is -0.980. The third-order valence-electron chi connectivity index (χ3n) is 0.598. The molecule has 0 fully saturated rings. The Labute approximate surface area is 66.3 Å². The van der Waals surface area contributed by atoms with Crippen molar-refractivity contribution in [1.29, 1.82) is 0 Å². The molecular weight excluding hydrogens is 152 g/mol. The van der Waals surface area contributed by atoms with Gasteiger partial charge in [0.1, 0.15) is 6.26 Å². The molecule has 0 aromatic rings. The van der Waals surface area contributed by atoms with Gasteiger partial charge in [0.15, 0.2) is 0 Å². The Kier molecular flexibility index (Phi) is 7.23.